The molecule has 59 heavy (non-hydrogen) atoms. The summed E-state index contributed by atoms with van der Waals surface area (Å²) in [6, 6.07) is -0.636. The highest BCUT2D eigenvalue weighted by Gasteiger charge is 2.17. The minimum atomic E-state index is -0.859. The third kappa shape index (κ3) is 46.7. The second kappa shape index (κ2) is 50.2. The lowest BCUT2D eigenvalue weighted by Crippen LogP contribution is -2.45. The first-order valence-corrected chi connectivity index (χ1v) is 25.7. The molecule has 2 unspecified atom stereocenters. The van der Waals surface area contributed by atoms with Crippen LogP contribution in [-0.2, 0) is 4.79 Å². The summed E-state index contributed by atoms with van der Waals surface area (Å²) in [6.07, 6.45) is 72.3. The van der Waals surface area contributed by atoms with E-state index in [0.717, 1.165) is 57.8 Å². The molecule has 0 rings (SSSR count). The Hall–Kier alpha value is -2.17. The second-order valence-corrected chi connectivity index (χ2v) is 17.2. The first-order valence-electron chi connectivity index (χ1n) is 25.7. The van der Waals surface area contributed by atoms with Gasteiger partial charge >= 0.3 is 0 Å². The van der Waals surface area contributed by atoms with E-state index in [9.17, 15) is 15.0 Å². The Morgan fingerprint density at radius 3 is 1.19 bits per heavy atom. The fourth-order valence-electron chi connectivity index (χ4n) is 7.53. The van der Waals surface area contributed by atoms with Crippen LogP contribution in [0.25, 0.3) is 0 Å². The zero-order valence-corrected chi connectivity index (χ0v) is 39.3. The van der Waals surface area contributed by atoms with E-state index >= 15 is 0 Å². The van der Waals surface area contributed by atoms with Crippen molar-refractivity contribution in [1.82, 2.24) is 5.32 Å². The molecule has 4 heteroatoms. The molecule has 0 aliphatic carbocycles. The van der Waals surface area contributed by atoms with Crippen molar-refractivity contribution in [3.05, 3.63) is 72.9 Å². The summed E-state index contributed by atoms with van der Waals surface area (Å²) >= 11 is 0. The standard InChI is InChI=1S/C55H99NO3/c1-3-5-7-9-11-13-14-15-16-17-18-19-20-21-22-23-24-25-26-27-28-29-30-31-32-33-34-35-36-37-38-39-40-41-42-43-45-47-49-51-55(59)56-53(52-57)54(58)50-48-46-44-12-10-8-6-4-2/h5,7,10-13,15-16,18-19,48,50,53-54,57-58H,3-4,6,8-9,14,17,20-47,49,51-52H2,1-2H3,(H,56,59)/b7-5-,12-10+,13-11-,16-15-,19-18-,50-48+. The lowest BCUT2D eigenvalue weighted by molar-refractivity contribution is -0.123. The van der Waals surface area contributed by atoms with Crippen LogP contribution in [0.3, 0.4) is 0 Å². The molecule has 0 radical (unpaired) electrons. The van der Waals surface area contributed by atoms with Crippen molar-refractivity contribution in [2.24, 2.45) is 0 Å². The largest absolute Gasteiger partial charge is 0.394 e. The van der Waals surface area contributed by atoms with E-state index in [-0.39, 0.29) is 12.5 Å². The predicted molar refractivity (Wildman–Crippen MR) is 262 cm³/mol. The highest BCUT2D eigenvalue weighted by Crippen LogP contribution is 2.17. The van der Waals surface area contributed by atoms with Gasteiger partial charge in [-0.1, -0.05) is 254 Å². The summed E-state index contributed by atoms with van der Waals surface area (Å²) < 4.78 is 0. The van der Waals surface area contributed by atoms with E-state index in [4.69, 9.17) is 0 Å². The number of amides is 1. The number of hydrogen-bond donors (Lipinski definition) is 3. The van der Waals surface area contributed by atoms with E-state index < -0.39 is 12.1 Å². The Morgan fingerprint density at radius 1 is 0.424 bits per heavy atom. The van der Waals surface area contributed by atoms with Gasteiger partial charge in [0.25, 0.3) is 0 Å². The van der Waals surface area contributed by atoms with Gasteiger partial charge in [-0.3, -0.25) is 4.79 Å². The van der Waals surface area contributed by atoms with Crippen LogP contribution in [0.2, 0.25) is 0 Å². The van der Waals surface area contributed by atoms with Crippen LogP contribution in [0.15, 0.2) is 72.9 Å². The molecule has 2 atom stereocenters. The minimum absolute atomic E-state index is 0.0757. The van der Waals surface area contributed by atoms with Crippen molar-refractivity contribution in [2.45, 2.75) is 264 Å². The van der Waals surface area contributed by atoms with Gasteiger partial charge in [0, 0.05) is 6.42 Å². The summed E-state index contributed by atoms with van der Waals surface area (Å²) in [7, 11) is 0. The van der Waals surface area contributed by atoms with Gasteiger partial charge in [0.15, 0.2) is 0 Å². The number of nitrogens with one attached hydrogen (secondary N) is 1. The molecule has 0 aromatic carbocycles. The Balaban J connectivity index is 3.36. The number of aliphatic hydroxyl groups is 2. The average molecular weight is 822 g/mol. The van der Waals surface area contributed by atoms with Crippen molar-refractivity contribution in [1.29, 1.82) is 0 Å². The molecule has 0 spiro atoms. The molecule has 0 aromatic rings. The summed E-state index contributed by atoms with van der Waals surface area (Å²) in [6.45, 7) is 4.11. The zero-order valence-electron chi connectivity index (χ0n) is 39.3. The molecular weight excluding hydrogens is 723 g/mol. The molecule has 0 saturated carbocycles. The van der Waals surface area contributed by atoms with Crippen LogP contribution >= 0.6 is 0 Å². The summed E-state index contributed by atoms with van der Waals surface area (Å²) in [5, 5.41) is 22.8. The highest BCUT2D eigenvalue weighted by atomic mass is 16.3. The third-order valence-corrected chi connectivity index (χ3v) is 11.4. The van der Waals surface area contributed by atoms with E-state index in [1.165, 1.54) is 173 Å². The first kappa shape index (κ1) is 56.8. The molecule has 0 aliphatic heterocycles. The first-order chi connectivity index (χ1) is 29.2. The van der Waals surface area contributed by atoms with Crippen molar-refractivity contribution in [3.63, 3.8) is 0 Å². The van der Waals surface area contributed by atoms with Crippen LogP contribution in [0.1, 0.15) is 251 Å². The lowest BCUT2D eigenvalue weighted by Gasteiger charge is -2.19. The number of carbonyl (C=O) groups is 1. The smallest absolute Gasteiger partial charge is 0.220 e. The molecule has 342 valence electrons. The van der Waals surface area contributed by atoms with Gasteiger partial charge in [0.1, 0.15) is 0 Å². The highest BCUT2D eigenvalue weighted by molar-refractivity contribution is 5.76. The van der Waals surface area contributed by atoms with Crippen molar-refractivity contribution in [3.8, 4) is 0 Å². The van der Waals surface area contributed by atoms with Gasteiger partial charge in [-0.15, -0.1) is 0 Å². The van der Waals surface area contributed by atoms with Crippen LogP contribution in [0.5, 0.6) is 0 Å². The molecule has 0 saturated heterocycles. The Morgan fingerprint density at radius 2 is 0.763 bits per heavy atom. The Labute approximate surface area is 368 Å². The maximum atomic E-state index is 12.3. The maximum Gasteiger partial charge on any atom is 0.220 e. The molecule has 0 bridgehead atoms. The van der Waals surface area contributed by atoms with E-state index in [0.29, 0.717) is 6.42 Å². The lowest BCUT2D eigenvalue weighted by atomic mass is 10.0. The normalized spacial score (nSPS) is 13.5. The van der Waals surface area contributed by atoms with E-state index in [1.54, 1.807) is 6.08 Å². The topological polar surface area (TPSA) is 69.6 Å². The molecule has 3 N–H and O–H groups in total. The molecule has 0 heterocycles. The van der Waals surface area contributed by atoms with Crippen molar-refractivity contribution >= 4 is 5.91 Å². The second-order valence-electron chi connectivity index (χ2n) is 17.2. The van der Waals surface area contributed by atoms with Crippen molar-refractivity contribution < 1.29 is 15.0 Å². The van der Waals surface area contributed by atoms with Crippen LogP contribution in [-0.4, -0.2) is 34.9 Å². The fraction of sp³-hybridized carbons (Fsp3) is 0.764. The Kier molecular flexibility index (Phi) is 48.3. The SMILES string of the molecule is CC/C=C\C/C=C\C/C=C\C/C=C\CCCCCCCCCCCCCCCCCCCCCCCCCCCCC(=O)NC(CO)C(O)/C=C/CC/C=C/CCCC. The average Bonchev–Trinajstić information content (AvgIpc) is 3.24. The van der Waals surface area contributed by atoms with Crippen LogP contribution in [0, 0.1) is 0 Å². The molecule has 0 aliphatic rings. The number of rotatable bonds is 46. The minimum Gasteiger partial charge on any atom is -0.394 e. The summed E-state index contributed by atoms with van der Waals surface area (Å²) in [4.78, 5) is 12.3. The zero-order chi connectivity index (χ0) is 42.8. The molecule has 0 aromatic heterocycles. The van der Waals surface area contributed by atoms with Crippen LogP contribution in [0.4, 0.5) is 0 Å². The van der Waals surface area contributed by atoms with Crippen molar-refractivity contribution in [2.75, 3.05) is 6.61 Å². The van der Waals surface area contributed by atoms with Gasteiger partial charge in [0.2, 0.25) is 5.91 Å². The Bertz CT molecular complexity index is 1020. The summed E-state index contributed by atoms with van der Waals surface area (Å²) in [5.74, 6) is -0.0757. The fourth-order valence-corrected chi connectivity index (χ4v) is 7.53. The van der Waals surface area contributed by atoms with Gasteiger partial charge in [-0.2, -0.15) is 0 Å². The number of hydrogen-bond acceptors (Lipinski definition) is 3. The number of carbonyl (C=O) groups excluding carboxylic acids is 1. The van der Waals surface area contributed by atoms with Gasteiger partial charge < -0.3 is 15.5 Å². The predicted octanol–water partition coefficient (Wildman–Crippen LogP) is 16.6. The number of unbranched alkanes of at least 4 members (excludes halogenated alkanes) is 29. The summed E-state index contributed by atoms with van der Waals surface area (Å²) in [5.41, 5.74) is 0. The quantitative estimate of drug-likeness (QED) is 0.0423. The number of allylic oxidation sites excluding steroid dienone is 11. The van der Waals surface area contributed by atoms with E-state index in [1.807, 2.05) is 6.08 Å². The monoisotopic (exact) mass is 822 g/mol. The molecular formula is C55H99NO3. The third-order valence-electron chi connectivity index (χ3n) is 11.4. The molecule has 4 nitrogen and oxygen atoms in total. The van der Waals surface area contributed by atoms with Gasteiger partial charge in [-0.25, -0.2) is 0 Å². The van der Waals surface area contributed by atoms with E-state index in [2.05, 4.69) is 79.9 Å². The van der Waals surface area contributed by atoms with Crippen LogP contribution < -0.4 is 5.32 Å². The van der Waals surface area contributed by atoms with Gasteiger partial charge in [-0.05, 0) is 64.2 Å². The molecule has 1 amide bonds. The van der Waals surface area contributed by atoms with Gasteiger partial charge in [0.05, 0.1) is 18.8 Å². The maximum absolute atomic E-state index is 12.3. The number of aliphatic hydroxyl groups excluding tert-OH is 2. The molecule has 0 fully saturated rings.